The van der Waals surface area contributed by atoms with Gasteiger partial charge >= 0.3 is 6.03 Å². The van der Waals surface area contributed by atoms with Crippen LogP contribution < -0.4 is 10.6 Å². The van der Waals surface area contributed by atoms with E-state index in [1.807, 2.05) is 13.8 Å². The molecule has 3 atom stereocenters. The molecule has 3 unspecified atom stereocenters. The second-order valence-corrected chi connectivity index (χ2v) is 7.33. The van der Waals surface area contributed by atoms with Crippen LogP contribution in [-0.2, 0) is 0 Å². The Morgan fingerprint density at radius 2 is 2.00 bits per heavy atom. The molecule has 3 N–H and O–H groups in total. The van der Waals surface area contributed by atoms with Gasteiger partial charge in [-0.05, 0) is 49.4 Å². The van der Waals surface area contributed by atoms with Gasteiger partial charge in [-0.1, -0.05) is 27.7 Å². The Bertz CT molecular complexity index is 305. The minimum absolute atomic E-state index is 0.0433. The molecule has 4 nitrogen and oxygen atoms in total. The molecule has 0 saturated heterocycles. The van der Waals surface area contributed by atoms with Crippen LogP contribution in [0.25, 0.3) is 0 Å². The third-order valence-electron chi connectivity index (χ3n) is 4.49. The Morgan fingerprint density at radius 1 is 1.30 bits per heavy atom. The molecule has 1 fully saturated rings. The molecule has 2 amide bonds. The van der Waals surface area contributed by atoms with Crippen molar-refractivity contribution in [3.8, 4) is 0 Å². The van der Waals surface area contributed by atoms with Crippen molar-refractivity contribution in [1.82, 2.24) is 10.6 Å². The van der Waals surface area contributed by atoms with Gasteiger partial charge in [-0.3, -0.25) is 0 Å². The predicted octanol–water partition coefficient (Wildman–Crippen LogP) is 2.91. The first-order chi connectivity index (χ1) is 9.34. The molecule has 0 heterocycles. The SMILES string of the molecule is CC1CCC(NC(=O)NCCCC(C)(C)CO)C(C)C1. The van der Waals surface area contributed by atoms with Gasteiger partial charge in [0.15, 0.2) is 0 Å². The van der Waals surface area contributed by atoms with Crippen molar-refractivity contribution in [3.63, 3.8) is 0 Å². The molecule has 0 aromatic rings. The van der Waals surface area contributed by atoms with E-state index < -0.39 is 0 Å². The molecule has 4 heteroatoms. The smallest absolute Gasteiger partial charge is 0.315 e. The maximum atomic E-state index is 11.9. The van der Waals surface area contributed by atoms with Crippen molar-refractivity contribution >= 4 is 6.03 Å². The average molecular weight is 284 g/mol. The summed E-state index contributed by atoms with van der Waals surface area (Å²) in [4.78, 5) is 11.9. The van der Waals surface area contributed by atoms with E-state index >= 15 is 0 Å². The highest BCUT2D eigenvalue weighted by molar-refractivity contribution is 5.74. The van der Waals surface area contributed by atoms with Gasteiger partial charge in [0.25, 0.3) is 0 Å². The molecular formula is C16H32N2O2. The van der Waals surface area contributed by atoms with Crippen LogP contribution in [-0.4, -0.2) is 30.3 Å². The number of carbonyl (C=O) groups is 1. The van der Waals surface area contributed by atoms with Gasteiger partial charge < -0.3 is 15.7 Å². The van der Waals surface area contributed by atoms with Gasteiger partial charge in [-0.2, -0.15) is 0 Å². The normalized spacial score (nSPS) is 27.1. The Labute approximate surface area is 123 Å². The molecule has 0 aromatic carbocycles. The summed E-state index contributed by atoms with van der Waals surface area (Å²) < 4.78 is 0. The van der Waals surface area contributed by atoms with Crippen molar-refractivity contribution in [1.29, 1.82) is 0 Å². The van der Waals surface area contributed by atoms with E-state index in [0.717, 1.165) is 25.2 Å². The first kappa shape index (κ1) is 17.3. The van der Waals surface area contributed by atoms with Gasteiger partial charge in [0, 0.05) is 19.2 Å². The first-order valence-corrected chi connectivity index (χ1v) is 7.99. The second kappa shape index (κ2) is 7.87. The van der Waals surface area contributed by atoms with Crippen LogP contribution in [0.2, 0.25) is 0 Å². The Morgan fingerprint density at radius 3 is 2.60 bits per heavy atom. The van der Waals surface area contributed by atoms with E-state index in [2.05, 4.69) is 24.5 Å². The molecule has 1 saturated carbocycles. The van der Waals surface area contributed by atoms with Crippen molar-refractivity contribution in [2.75, 3.05) is 13.2 Å². The molecule has 20 heavy (non-hydrogen) atoms. The predicted molar refractivity (Wildman–Crippen MR) is 82.6 cm³/mol. The van der Waals surface area contributed by atoms with Gasteiger partial charge in [0.1, 0.15) is 0 Å². The van der Waals surface area contributed by atoms with Crippen LogP contribution >= 0.6 is 0 Å². The highest BCUT2D eigenvalue weighted by atomic mass is 16.3. The lowest BCUT2D eigenvalue weighted by Gasteiger charge is -2.33. The molecule has 1 rings (SSSR count). The number of carbonyl (C=O) groups excluding carboxylic acids is 1. The first-order valence-electron chi connectivity index (χ1n) is 7.99. The summed E-state index contributed by atoms with van der Waals surface area (Å²) in [6, 6.07) is 0.276. The van der Waals surface area contributed by atoms with E-state index in [9.17, 15) is 4.79 Å². The minimum atomic E-state index is -0.0494. The van der Waals surface area contributed by atoms with Crippen LogP contribution in [0.3, 0.4) is 0 Å². The fourth-order valence-electron chi connectivity index (χ4n) is 2.95. The van der Waals surface area contributed by atoms with Crippen LogP contribution in [0.4, 0.5) is 4.79 Å². The summed E-state index contributed by atoms with van der Waals surface area (Å²) in [7, 11) is 0. The van der Waals surface area contributed by atoms with Crippen LogP contribution in [0.15, 0.2) is 0 Å². The van der Waals surface area contributed by atoms with Crippen molar-refractivity contribution in [3.05, 3.63) is 0 Å². The van der Waals surface area contributed by atoms with Gasteiger partial charge in [-0.25, -0.2) is 4.79 Å². The number of hydrogen-bond acceptors (Lipinski definition) is 2. The minimum Gasteiger partial charge on any atom is -0.396 e. The summed E-state index contributed by atoms with van der Waals surface area (Å²) in [6.07, 6.45) is 5.32. The summed E-state index contributed by atoms with van der Waals surface area (Å²) in [5.41, 5.74) is -0.0494. The van der Waals surface area contributed by atoms with Crippen molar-refractivity contribution < 1.29 is 9.90 Å². The number of hydrogen-bond donors (Lipinski definition) is 3. The molecule has 1 aliphatic rings. The van der Waals surface area contributed by atoms with Gasteiger partial charge in [0.2, 0.25) is 0 Å². The standard InChI is InChI=1S/C16H32N2O2/c1-12-6-7-14(13(2)10-12)18-15(20)17-9-5-8-16(3,4)11-19/h12-14,19H,5-11H2,1-4H3,(H2,17,18,20). The van der Waals surface area contributed by atoms with Crippen LogP contribution in [0, 0.1) is 17.3 Å². The largest absolute Gasteiger partial charge is 0.396 e. The summed E-state index contributed by atoms with van der Waals surface area (Å²) in [6.45, 7) is 9.46. The number of nitrogens with one attached hydrogen (secondary N) is 2. The van der Waals surface area contributed by atoms with E-state index in [1.54, 1.807) is 0 Å². The monoisotopic (exact) mass is 284 g/mol. The van der Waals surface area contributed by atoms with Gasteiger partial charge in [-0.15, -0.1) is 0 Å². The van der Waals surface area contributed by atoms with Crippen molar-refractivity contribution in [2.45, 2.75) is 65.8 Å². The number of urea groups is 1. The molecular weight excluding hydrogens is 252 g/mol. The Kier molecular flexibility index (Phi) is 6.80. The number of aliphatic hydroxyl groups excluding tert-OH is 1. The zero-order valence-electron chi connectivity index (χ0n) is 13.5. The third-order valence-corrected chi connectivity index (χ3v) is 4.49. The zero-order valence-corrected chi connectivity index (χ0v) is 13.5. The second-order valence-electron chi connectivity index (χ2n) is 7.33. The van der Waals surface area contributed by atoms with E-state index in [-0.39, 0.29) is 18.1 Å². The molecule has 0 bridgehead atoms. The molecule has 0 aliphatic heterocycles. The van der Waals surface area contributed by atoms with Crippen molar-refractivity contribution in [2.24, 2.45) is 17.3 Å². The molecule has 118 valence electrons. The fraction of sp³-hybridized carbons (Fsp3) is 0.938. The summed E-state index contributed by atoms with van der Waals surface area (Å²) >= 11 is 0. The van der Waals surface area contributed by atoms with Crippen LogP contribution in [0.1, 0.15) is 59.8 Å². The lowest BCUT2D eigenvalue weighted by atomic mass is 9.80. The highest BCUT2D eigenvalue weighted by Gasteiger charge is 2.26. The molecule has 0 radical (unpaired) electrons. The number of amides is 2. The topological polar surface area (TPSA) is 61.4 Å². The van der Waals surface area contributed by atoms with Gasteiger partial charge in [0.05, 0.1) is 0 Å². The highest BCUT2D eigenvalue weighted by Crippen LogP contribution is 2.28. The lowest BCUT2D eigenvalue weighted by Crippen LogP contribution is -2.47. The number of rotatable bonds is 6. The van der Waals surface area contributed by atoms with E-state index in [4.69, 9.17) is 5.11 Å². The van der Waals surface area contributed by atoms with Crippen LogP contribution in [0.5, 0.6) is 0 Å². The quantitative estimate of drug-likeness (QED) is 0.657. The summed E-state index contributed by atoms with van der Waals surface area (Å²) in [5, 5.41) is 15.2. The molecule has 1 aliphatic carbocycles. The summed E-state index contributed by atoms with van der Waals surface area (Å²) in [5.74, 6) is 1.35. The molecule has 0 spiro atoms. The van der Waals surface area contributed by atoms with E-state index in [0.29, 0.717) is 18.5 Å². The number of aliphatic hydroxyl groups is 1. The Hall–Kier alpha value is -0.770. The maximum absolute atomic E-state index is 11.9. The average Bonchev–Trinajstić information content (AvgIpc) is 2.38. The Balaban J connectivity index is 2.17. The zero-order chi connectivity index (χ0) is 15.2. The fourth-order valence-corrected chi connectivity index (χ4v) is 2.95. The maximum Gasteiger partial charge on any atom is 0.315 e. The molecule has 0 aromatic heterocycles. The lowest BCUT2D eigenvalue weighted by molar-refractivity contribution is 0.148. The van der Waals surface area contributed by atoms with E-state index in [1.165, 1.54) is 12.8 Å². The third kappa shape index (κ3) is 6.12.